The van der Waals surface area contributed by atoms with Gasteiger partial charge < -0.3 is 5.73 Å². The van der Waals surface area contributed by atoms with E-state index in [9.17, 15) is 8.42 Å². The second kappa shape index (κ2) is 11.0. The molecule has 7 heteroatoms. The fourth-order valence-electron chi connectivity index (χ4n) is 2.94. The minimum Gasteiger partial charge on any atom is -0.328 e. The number of rotatable bonds is 9. The standard InChI is InChI=1S/C17H37N3O2S.ClH/c1-14(2)6-10-19(11-7-15(3)4)23(21,22)20-12-8-17(9-13-20)16(5)18;/h14-17H,6-13,18H2,1-5H3;1H. The largest absolute Gasteiger partial charge is 0.328 e. The summed E-state index contributed by atoms with van der Waals surface area (Å²) < 4.78 is 29.4. The first-order valence-electron chi connectivity index (χ1n) is 9.15. The average molecular weight is 384 g/mol. The van der Waals surface area contributed by atoms with E-state index in [2.05, 4.69) is 27.7 Å². The van der Waals surface area contributed by atoms with Crippen molar-refractivity contribution in [1.29, 1.82) is 0 Å². The van der Waals surface area contributed by atoms with Gasteiger partial charge in [0.1, 0.15) is 0 Å². The van der Waals surface area contributed by atoms with E-state index in [1.807, 2.05) is 6.92 Å². The van der Waals surface area contributed by atoms with Crippen LogP contribution in [0.1, 0.15) is 60.3 Å². The van der Waals surface area contributed by atoms with E-state index in [1.165, 1.54) is 0 Å². The molecule has 5 nitrogen and oxygen atoms in total. The predicted octanol–water partition coefficient (Wildman–Crippen LogP) is 3.11. The lowest BCUT2D eigenvalue weighted by Gasteiger charge is -2.36. The number of nitrogens with zero attached hydrogens (tertiary/aromatic N) is 2. The lowest BCUT2D eigenvalue weighted by Crippen LogP contribution is -2.49. The summed E-state index contributed by atoms with van der Waals surface area (Å²) in [7, 11) is -3.34. The van der Waals surface area contributed by atoms with E-state index in [1.54, 1.807) is 8.61 Å². The highest BCUT2D eigenvalue weighted by molar-refractivity contribution is 7.86. The fraction of sp³-hybridized carbons (Fsp3) is 1.00. The summed E-state index contributed by atoms with van der Waals surface area (Å²) in [5.41, 5.74) is 5.97. The molecular formula is C17H38ClN3O2S. The Morgan fingerprint density at radius 2 is 1.42 bits per heavy atom. The van der Waals surface area contributed by atoms with Crippen LogP contribution in [0.5, 0.6) is 0 Å². The molecule has 1 rings (SSSR count). The smallest absolute Gasteiger partial charge is 0.281 e. The summed E-state index contributed by atoms with van der Waals surface area (Å²) in [5.74, 6) is 1.47. The van der Waals surface area contributed by atoms with Crippen LogP contribution in [-0.4, -0.2) is 49.2 Å². The Morgan fingerprint density at radius 1 is 1.00 bits per heavy atom. The van der Waals surface area contributed by atoms with Gasteiger partial charge in [-0.05, 0) is 50.4 Å². The molecule has 2 N–H and O–H groups in total. The van der Waals surface area contributed by atoms with Crippen LogP contribution in [0.2, 0.25) is 0 Å². The van der Waals surface area contributed by atoms with Crippen molar-refractivity contribution in [3.8, 4) is 0 Å². The average Bonchev–Trinajstić information content (AvgIpc) is 2.46. The molecule has 1 aliphatic rings. The van der Waals surface area contributed by atoms with Gasteiger partial charge in [0.15, 0.2) is 0 Å². The van der Waals surface area contributed by atoms with E-state index in [-0.39, 0.29) is 18.4 Å². The normalized spacial score (nSPS) is 19.0. The maximum Gasteiger partial charge on any atom is 0.281 e. The van der Waals surface area contributed by atoms with Crippen LogP contribution >= 0.6 is 12.4 Å². The topological polar surface area (TPSA) is 66.6 Å². The number of piperidine rings is 1. The second-order valence-corrected chi connectivity index (χ2v) is 9.80. The van der Waals surface area contributed by atoms with Gasteiger partial charge >= 0.3 is 0 Å². The summed E-state index contributed by atoms with van der Waals surface area (Å²) in [4.78, 5) is 0. The number of halogens is 1. The van der Waals surface area contributed by atoms with Crippen molar-refractivity contribution >= 4 is 22.6 Å². The van der Waals surface area contributed by atoms with Gasteiger partial charge in [-0.1, -0.05) is 27.7 Å². The van der Waals surface area contributed by atoms with Crippen molar-refractivity contribution < 1.29 is 8.42 Å². The van der Waals surface area contributed by atoms with Crippen LogP contribution in [-0.2, 0) is 10.2 Å². The summed E-state index contributed by atoms with van der Waals surface area (Å²) in [6, 6.07) is 0.151. The Hall–Kier alpha value is 0.120. The Morgan fingerprint density at radius 3 is 1.75 bits per heavy atom. The number of hydrogen-bond acceptors (Lipinski definition) is 3. The molecule has 1 aliphatic heterocycles. The minimum absolute atomic E-state index is 0. The Labute approximate surface area is 155 Å². The van der Waals surface area contributed by atoms with Gasteiger partial charge in [0, 0.05) is 32.2 Å². The van der Waals surface area contributed by atoms with Crippen LogP contribution in [0, 0.1) is 17.8 Å². The first-order valence-corrected chi connectivity index (χ1v) is 10.5. The minimum atomic E-state index is -3.34. The maximum absolute atomic E-state index is 13.0. The van der Waals surface area contributed by atoms with E-state index in [4.69, 9.17) is 5.73 Å². The highest BCUT2D eigenvalue weighted by Crippen LogP contribution is 2.24. The number of nitrogens with two attached hydrogens (primary N) is 1. The molecule has 0 aromatic rings. The lowest BCUT2D eigenvalue weighted by molar-refractivity contribution is 0.232. The third kappa shape index (κ3) is 7.56. The van der Waals surface area contributed by atoms with Crippen LogP contribution in [0.25, 0.3) is 0 Å². The van der Waals surface area contributed by atoms with Gasteiger partial charge in [-0.2, -0.15) is 17.0 Å². The van der Waals surface area contributed by atoms with Gasteiger partial charge in [-0.25, -0.2) is 0 Å². The van der Waals surface area contributed by atoms with Crippen LogP contribution in [0.15, 0.2) is 0 Å². The zero-order valence-electron chi connectivity index (χ0n) is 16.1. The maximum atomic E-state index is 13.0. The summed E-state index contributed by atoms with van der Waals surface area (Å²) >= 11 is 0. The monoisotopic (exact) mass is 383 g/mol. The Bertz CT molecular complexity index is 421. The van der Waals surface area contributed by atoms with Crippen LogP contribution in [0.4, 0.5) is 0 Å². The van der Waals surface area contributed by atoms with Gasteiger partial charge in [-0.15, -0.1) is 12.4 Å². The highest BCUT2D eigenvalue weighted by atomic mass is 35.5. The molecule has 0 amide bonds. The van der Waals surface area contributed by atoms with Gasteiger partial charge in [-0.3, -0.25) is 0 Å². The second-order valence-electron chi connectivity index (χ2n) is 7.87. The predicted molar refractivity (Wildman–Crippen MR) is 105 cm³/mol. The van der Waals surface area contributed by atoms with Crippen molar-refractivity contribution in [3.63, 3.8) is 0 Å². The quantitative estimate of drug-likeness (QED) is 0.665. The van der Waals surface area contributed by atoms with Crippen LogP contribution < -0.4 is 5.73 Å². The molecule has 24 heavy (non-hydrogen) atoms. The summed E-state index contributed by atoms with van der Waals surface area (Å²) in [5, 5.41) is 0. The van der Waals surface area contributed by atoms with Gasteiger partial charge in [0.25, 0.3) is 10.2 Å². The zero-order valence-corrected chi connectivity index (χ0v) is 17.7. The molecule has 1 fully saturated rings. The number of hydrogen-bond donors (Lipinski definition) is 1. The van der Waals surface area contributed by atoms with E-state index >= 15 is 0 Å². The molecule has 0 aromatic heterocycles. The first kappa shape index (κ1) is 24.1. The summed E-state index contributed by atoms with van der Waals surface area (Å²) in [6.45, 7) is 13.0. The SMILES string of the molecule is CC(C)CCN(CCC(C)C)S(=O)(=O)N1CCC(C(C)N)CC1.Cl. The first-order chi connectivity index (χ1) is 10.6. The molecule has 146 valence electrons. The van der Waals surface area contributed by atoms with Gasteiger partial charge in [0.2, 0.25) is 0 Å². The zero-order chi connectivity index (χ0) is 17.6. The lowest BCUT2D eigenvalue weighted by atomic mass is 9.92. The molecular weight excluding hydrogens is 346 g/mol. The fourth-order valence-corrected chi connectivity index (χ4v) is 4.61. The molecule has 0 spiro atoms. The van der Waals surface area contributed by atoms with Crippen LogP contribution in [0.3, 0.4) is 0 Å². The van der Waals surface area contributed by atoms with Crippen molar-refractivity contribution in [2.45, 2.75) is 66.3 Å². The van der Waals surface area contributed by atoms with Gasteiger partial charge in [0.05, 0.1) is 0 Å². The van der Waals surface area contributed by atoms with Crippen molar-refractivity contribution in [1.82, 2.24) is 8.61 Å². The molecule has 0 aromatic carbocycles. The molecule has 1 atom stereocenters. The molecule has 0 aliphatic carbocycles. The molecule has 1 saturated heterocycles. The molecule has 1 heterocycles. The highest BCUT2D eigenvalue weighted by Gasteiger charge is 2.33. The molecule has 0 radical (unpaired) electrons. The van der Waals surface area contributed by atoms with E-state index in [0.717, 1.165) is 25.7 Å². The van der Waals surface area contributed by atoms with Crippen molar-refractivity contribution in [3.05, 3.63) is 0 Å². The molecule has 0 saturated carbocycles. The Balaban J connectivity index is 0.00000529. The third-order valence-electron chi connectivity index (χ3n) is 4.81. The van der Waals surface area contributed by atoms with E-state index in [0.29, 0.717) is 43.9 Å². The summed E-state index contributed by atoms with van der Waals surface area (Å²) in [6.07, 6.45) is 3.57. The van der Waals surface area contributed by atoms with Crippen molar-refractivity contribution in [2.24, 2.45) is 23.5 Å². The Kier molecular flexibility index (Phi) is 11.0. The molecule has 1 unspecified atom stereocenters. The van der Waals surface area contributed by atoms with Crippen molar-refractivity contribution in [2.75, 3.05) is 26.2 Å². The third-order valence-corrected chi connectivity index (χ3v) is 6.84. The molecule has 0 bridgehead atoms. The van der Waals surface area contributed by atoms with E-state index < -0.39 is 10.2 Å².